The summed E-state index contributed by atoms with van der Waals surface area (Å²) in [5.41, 5.74) is 8.27. The Morgan fingerprint density at radius 2 is 2.35 bits per heavy atom. The average Bonchev–Trinajstić information content (AvgIpc) is 2.81. The Hall–Kier alpha value is -1.06. The van der Waals surface area contributed by atoms with Gasteiger partial charge in [0.25, 0.3) is 0 Å². The summed E-state index contributed by atoms with van der Waals surface area (Å²) in [6.07, 6.45) is 2.19. The maximum absolute atomic E-state index is 5.59. The van der Waals surface area contributed by atoms with Crippen LogP contribution in [0.2, 0.25) is 0 Å². The second-order valence-corrected chi connectivity index (χ2v) is 4.85. The first-order chi connectivity index (χ1) is 8.29. The third-order valence-corrected chi connectivity index (χ3v) is 3.30. The average molecular weight is 234 g/mol. The molecule has 2 rings (SSSR count). The van der Waals surface area contributed by atoms with Gasteiger partial charge in [0.05, 0.1) is 6.61 Å². The van der Waals surface area contributed by atoms with Gasteiger partial charge in [0.15, 0.2) is 0 Å². The van der Waals surface area contributed by atoms with Crippen molar-refractivity contribution in [1.82, 2.24) is 5.32 Å². The molecule has 0 amide bonds. The van der Waals surface area contributed by atoms with Gasteiger partial charge >= 0.3 is 0 Å². The summed E-state index contributed by atoms with van der Waals surface area (Å²) >= 11 is 0. The Bertz CT molecular complexity index is 365. The summed E-state index contributed by atoms with van der Waals surface area (Å²) in [7, 11) is 0. The van der Waals surface area contributed by atoms with Gasteiger partial charge in [-0.05, 0) is 42.6 Å². The fraction of sp³-hybridized carbons (Fsp3) is 0.571. The van der Waals surface area contributed by atoms with Crippen LogP contribution in [0.25, 0.3) is 0 Å². The molecule has 0 spiro atoms. The molecule has 94 valence electrons. The monoisotopic (exact) mass is 234 g/mol. The summed E-state index contributed by atoms with van der Waals surface area (Å²) in [4.78, 5) is 0. The van der Waals surface area contributed by atoms with Gasteiger partial charge in [0.1, 0.15) is 5.75 Å². The molecule has 1 atom stereocenters. The first-order valence-electron chi connectivity index (χ1n) is 6.45. The van der Waals surface area contributed by atoms with E-state index in [1.54, 1.807) is 0 Å². The van der Waals surface area contributed by atoms with Gasteiger partial charge in [0.2, 0.25) is 0 Å². The number of hydrogen-bond acceptors (Lipinski definition) is 3. The van der Waals surface area contributed by atoms with Crippen LogP contribution in [0.1, 0.15) is 24.5 Å². The lowest BCUT2D eigenvalue weighted by Crippen LogP contribution is -2.20. The second kappa shape index (κ2) is 6.03. The smallest absolute Gasteiger partial charge is 0.122 e. The van der Waals surface area contributed by atoms with Crippen LogP contribution in [0.15, 0.2) is 18.2 Å². The van der Waals surface area contributed by atoms with E-state index in [0.29, 0.717) is 5.92 Å². The SMILES string of the molecule is CC(CN)CCNCc1ccc2c(c1)CCO2. The predicted octanol–water partition coefficient (Wildman–Crippen LogP) is 1.70. The maximum atomic E-state index is 5.59. The molecule has 1 unspecified atom stereocenters. The Balaban J connectivity index is 1.76. The number of nitrogens with one attached hydrogen (secondary N) is 1. The van der Waals surface area contributed by atoms with E-state index < -0.39 is 0 Å². The van der Waals surface area contributed by atoms with Crippen molar-refractivity contribution >= 4 is 0 Å². The van der Waals surface area contributed by atoms with E-state index >= 15 is 0 Å². The molecule has 3 nitrogen and oxygen atoms in total. The van der Waals surface area contributed by atoms with E-state index in [9.17, 15) is 0 Å². The lowest BCUT2D eigenvalue weighted by Gasteiger charge is -2.09. The first kappa shape index (κ1) is 12.4. The summed E-state index contributed by atoms with van der Waals surface area (Å²) in [6.45, 7) is 5.77. The van der Waals surface area contributed by atoms with Crippen LogP contribution in [0.4, 0.5) is 0 Å². The highest BCUT2D eigenvalue weighted by molar-refractivity contribution is 5.39. The lowest BCUT2D eigenvalue weighted by molar-refractivity contribution is 0.357. The third kappa shape index (κ3) is 3.45. The molecular formula is C14H22N2O. The van der Waals surface area contributed by atoms with E-state index in [0.717, 1.165) is 44.8 Å². The Kier molecular flexibility index (Phi) is 4.40. The van der Waals surface area contributed by atoms with Gasteiger partial charge in [-0.15, -0.1) is 0 Å². The van der Waals surface area contributed by atoms with Gasteiger partial charge < -0.3 is 15.8 Å². The van der Waals surface area contributed by atoms with Crippen LogP contribution in [0, 0.1) is 5.92 Å². The Morgan fingerprint density at radius 1 is 1.47 bits per heavy atom. The molecule has 0 saturated heterocycles. The zero-order valence-corrected chi connectivity index (χ0v) is 10.5. The van der Waals surface area contributed by atoms with Crippen LogP contribution in [-0.4, -0.2) is 19.7 Å². The van der Waals surface area contributed by atoms with Crippen LogP contribution >= 0.6 is 0 Å². The van der Waals surface area contributed by atoms with Crippen molar-refractivity contribution in [3.63, 3.8) is 0 Å². The lowest BCUT2D eigenvalue weighted by atomic mass is 10.1. The molecule has 1 aromatic carbocycles. The fourth-order valence-electron chi connectivity index (χ4n) is 2.05. The summed E-state index contributed by atoms with van der Waals surface area (Å²) in [5, 5.41) is 3.46. The minimum atomic E-state index is 0.607. The normalized spacial score (nSPS) is 15.4. The molecule has 0 radical (unpaired) electrons. The van der Waals surface area contributed by atoms with E-state index in [1.165, 1.54) is 11.1 Å². The van der Waals surface area contributed by atoms with E-state index in [2.05, 4.69) is 30.4 Å². The van der Waals surface area contributed by atoms with Crippen molar-refractivity contribution in [3.8, 4) is 5.75 Å². The molecule has 0 bridgehead atoms. The number of rotatable bonds is 6. The van der Waals surface area contributed by atoms with Gasteiger partial charge in [-0.1, -0.05) is 19.1 Å². The van der Waals surface area contributed by atoms with Gasteiger partial charge in [-0.25, -0.2) is 0 Å². The Labute approximate surface area is 103 Å². The maximum Gasteiger partial charge on any atom is 0.122 e. The highest BCUT2D eigenvalue weighted by Gasteiger charge is 2.11. The van der Waals surface area contributed by atoms with Crippen molar-refractivity contribution in [1.29, 1.82) is 0 Å². The highest BCUT2D eigenvalue weighted by Crippen LogP contribution is 2.25. The molecule has 1 aliphatic rings. The molecule has 1 aliphatic heterocycles. The molecule has 17 heavy (non-hydrogen) atoms. The van der Waals surface area contributed by atoms with E-state index in [4.69, 9.17) is 10.5 Å². The van der Waals surface area contributed by atoms with Gasteiger partial charge in [-0.2, -0.15) is 0 Å². The van der Waals surface area contributed by atoms with Gasteiger partial charge in [-0.3, -0.25) is 0 Å². The molecule has 1 aromatic rings. The molecule has 0 fully saturated rings. The molecule has 3 heteroatoms. The van der Waals surface area contributed by atoms with Gasteiger partial charge in [0, 0.05) is 13.0 Å². The van der Waals surface area contributed by atoms with Crippen LogP contribution in [0.5, 0.6) is 5.75 Å². The van der Waals surface area contributed by atoms with Crippen LogP contribution in [-0.2, 0) is 13.0 Å². The van der Waals surface area contributed by atoms with Crippen molar-refractivity contribution in [2.75, 3.05) is 19.7 Å². The summed E-state index contributed by atoms with van der Waals surface area (Å²) < 4.78 is 5.49. The fourth-order valence-corrected chi connectivity index (χ4v) is 2.05. The largest absolute Gasteiger partial charge is 0.493 e. The van der Waals surface area contributed by atoms with Crippen molar-refractivity contribution in [3.05, 3.63) is 29.3 Å². The number of fused-ring (bicyclic) bond motifs is 1. The van der Waals surface area contributed by atoms with Crippen molar-refractivity contribution < 1.29 is 4.74 Å². The first-order valence-corrected chi connectivity index (χ1v) is 6.45. The number of nitrogens with two attached hydrogens (primary N) is 1. The Morgan fingerprint density at radius 3 is 3.18 bits per heavy atom. The number of benzene rings is 1. The minimum absolute atomic E-state index is 0.607. The predicted molar refractivity (Wildman–Crippen MR) is 70.2 cm³/mol. The number of hydrogen-bond donors (Lipinski definition) is 2. The van der Waals surface area contributed by atoms with Crippen molar-refractivity contribution in [2.24, 2.45) is 11.7 Å². The minimum Gasteiger partial charge on any atom is -0.493 e. The zero-order chi connectivity index (χ0) is 12.1. The zero-order valence-electron chi connectivity index (χ0n) is 10.5. The summed E-state index contributed by atoms with van der Waals surface area (Å²) in [6, 6.07) is 6.48. The molecule has 1 heterocycles. The van der Waals surface area contributed by atoms with E-state index in [1.807, 2.05) is 0 Å². The van der Waals surface area contributed by atoms with Crippen LogP contribution in [0.3, 0.4) is 0 Å². The molecule has 3 N–H and O–H groups in total. The van der Waals surface area contributed by atoms with Crippen LogP contribution < -0.4 is 15.8 Å². The molecule has 0 aliphatic carbocycles. The van der Waals surface area contributed by atoms with E-state index in [-0.39, 0.29) is 0 Å². The molecule has 0 aromatic heterocycles. The quantitative estimate of drug-likeness (QED) is 0.736. The standard InChI is InChI=1S/C14H22N2O/c1-11(9-15)4-6-16-10-12-2-3-14-13(8-12)5-7-17-14/h2-3,8,11,16H,4-7,9-10,15H2,1H3. The third-order valence-electron chi connectivity index (χ3n) is 3.30. The summed E-state index contributed by atoms with van der Waals surface area (Å²) in [5.74, 6) is 1.67. The molecular weight excluding hydrogens is 212 g/mol. The number of ether oxygens (including phenoxy) is 1. The van der Waals surface area contributed by atoms with Crippen molar-refractivity contribution in [2.45, 2.75) is 26.3 Å². The molecule has 0 saturated carbocycles. The second-order valence-electron chi connectivity index (χ2n) is 4.85. The highest BCUT2D eigenvalue weighted by atomic mass is 16.5. The topological polar surface area (TPSA) is 47.3 Å².